The maximum atomic E-state index is 4.72. The van der Waals surface area contributed by atoms with Gasteiger partial charge in [-0.05, 0) is 50.3 Å². The number of hydrogen-bond acceptors (Lipinski definition) is 4. The molecule has 5 heteroatoms. The van der Waals surface area contributed by atoms with Crippen LogP contribution in [0.25, 0.3) is 10.9 Å². The van der Waals surface area contributed by atoms with Gasteiger partial charge in [0.1, 0.15) is 5.82 Å². The van der Waals surface area contributed by atoms with Crippen LogP contribution in [-0.4, -0.2) is 34.1 Å². The zero-order valence-corrected chi connectivity index (χ0v) is 14.7. The maximum Gasteiger partial charge on any atom is 0.224 e. The van der Waals surface area contributed by atoms with E-state index in [9.17, 15) is 0 Å². The minimum atomic E-state index is 0.260. The summed E-state index contributed by atoms with van der Waals surface area (Å²) in [5.74, 6) is 1.76. The topological polar surface area (TPSA) is 56.8 Å². The molecule has 130 valence electrons. The molecule has 2 N–H and O–H groups in total. The number of nitrogens with zero attached hydrogens (tertiary/aromatic N) is 3. The lowest BCUT2D eigenvalue weighted by molar-refractivity contribution is 0.573. The largest absolute Gasteiger partial charge is 0.361 e. The number of aromatic nitrogens is 3. The minimum absolute atomic E-state index is 0.260. The smallest absolute Gasteiger partial charge is 0.224 e. The van der Waals surface area contributed by atoms with E-state index in [2.05, 4.69) is 57.6 Å². The third-order valence-corrected chi connectivity index (χ3v) is 4.90. The molecule has 25 heavy (non-hydrogen) atoms. The lowest BCUT2D eigenvalue weighted by Crippen LogP contribution is -2.30. The standard InChI is InChI=1S/C20H25N5/c1-15(13-16-14-22-18-8-4-3-7-17(16)18)23-20-21-10-9-19(24-20)25-11-5-2-6-12-25/h3-4,7-10,14-15,22H,2,5-6,11-13H2,1H3,(H,21,23,24). The van der Waals surface area contributed by atoms with E-state index in [0.717, 1.165) is 31.3 Å². The molecular formula is C20H25N5. The molecule has 1 aliphatic rings. The van der Waals surface area contributed by atoms with E-state index in [4.69, 9.17) is 4.98 Å². The van der Waals surface area contributed by atoms with Crippen molar-refractivity contribution in [1.29, 1.82) is 0 Å². The molecule has 0 spiro atoms. The van der Waals surface area contributed by atoms with Gasteiger partial charge in [-0.15, -0.1) is 0 Å². The molecule has 1 aliphatic heterocycles. The molecule has 1 aromatic carbocycles. The van der Waals surface area contributed by atoms with Crippen LogP contribution in [0.1, 0.15) is 31.7 Å². The average molecular weight is 335 g/mol. The molecule has 1 saturated heterocycles. The summed E-state index contributed by atoms with van der Waals surface area (Å²) in [6, 6.07) is 10.7. The summed E-state index contributed by atoms with van der Waals surface area (Å²) in [5, 5.41) is 4.75. The molecule has 1 fully saturated rings. The zero-order valence-electron chi connectivity index (χ0n) is 14.7. The number of anilines is 2. The van der Waals surface area contributed by atoms with E-state index >= 15 is 0 Å². The van der Waals surface area contributed by atoms with Crippen LogP contribution in [0.3, 0.4) is 0 Å². The molecular weight excluding hydrogens is 310 g/mol. The van der Waals surface area contributed by atoms with Crippen LogP contribution >= 0.6 is 0 Å². The molecule has 0 saturated carbocycles. The van der Waals surface area contributed by atoms with Gasteiger partial charge in [-0.1, -0.05) is 18.2 Å². The van der Waals surface area contributed by atoms with Gasteiger partial charge in [-0.3, -0.25) is 0 Å². The first-order valence-electron chi connectivity index (χ1n) is 9.19. The van der Waals surface area contributed by atoms with Gasteiger partial charge in [0.25, 0.3) is 0 Å². The first-order chi connectivity index (χ1) is 12.3. The van der Waals surface area contributed by atoms with Gasteiger partial charge in [-0.2, -0.15) is 4.98 Å². The fourth-order valence-electron chi connectivity index (χ4n) is 3.62. The summed E-state index contributed by atoms with van der Waals surface area (Å²) in [4.78, 5) is 14.8. The van der Waals surface area contributed by atoms with Crippen molar-refractivity contribution in [3.63, 3.8) is 0 Å². The van der Waals surface area contributed by atoms with Gasteiger partial charge < -0.3 is 15.2 Å². The normalized spacial score (nSPS) is 16.1. The zero-order chi connectivity index (χ0) is 17.1. The number of aromatic amines is 1. The summed E-state index contributed by atoms with van der Waals surface area (Å²) in [7, 11) is 0. The number of H-pyrrole nitrogens is 1. The molecule has 4 rings (SSSR count). The van der Waals surface area contributed by atoms with Gasteiger partial charge in [0.15, 0.2) is 0 Å². The molecule has 1 unspecified atom stereocenters. The Kier molecular flexibility index (Phi) is 4.55. The lowest BCUT2D eigenvalue weighted by atomic mass is 10.1. The second-order valence-corrected chi connectivity index (χ2v) is 6.90. The Labute approximate surface area is 148 Å². The van der Waals surface area contributed by atoms with Crippen LogP contribution in [0.2, 0.25) is 0 Å². The predicted octanol–water partition coefficient (Wildman–Crippen LogP) is 3.99. The van der Waals surface area contributed by atoms with Crippen molar-refractivity contribution in [1.82, 2.24) is 15.0 Å². The summed E-state index contributed by atoms with van der Waals surface area (Å²) in [6.45, 7) is 4.38. The first kappa shape index (κ1) is 15.9. The van der Waals surface area contributed by atoms with Crippen molar-refractivity contribution < 1.29 is 0 Å². The lowest BCUT2D eigenvalue weighted by Gasteiger charge is -2.27. The average Bonchev–Trinajstić information content (AvgIpc) is 3.06. The van der Waals surface area contributed by atoms with Crippen molar-refractivity contribution in [2.75, 3.05) is 23.3 Å². The number of piperidine rings is 1. The Morgan fingerprint density at radius 1 is 1.16 bits per heavy atom. The van der Waals surface area contributed by atoms with E-state index in [1.54, 1.807) is 0 Å². The monoisotopic (exact) mass is 335 g/mol. The Bertz CT molecular complexity index is 835. The van der Waals surface area contributed by atoms with Crippen LogP contribution in [0.4, 0.5) is 11.8 Å². The summed E-state index contributed by atoms with van der Waals surface area (Å²) in [6.07, 6.45) is 8.73. The Balaban J connectivity index is 1.44. The quantitative estimate of drug-likeness (QED) is 0.740. The Morgan fingerprint density at radius 2 is 2.00 bits per heavy atom. The predicted molar refractivity (Wildman–Crippen MR) is 103 cm³/mol. The van der Waals surface area contributed by atoms with Crippen LogP contribution < -0.4 is 10.2 Å². The molecule has 0 radical (unpaired) electrons. The first-order valence-corrected chi connectivity index (χ1v) is 9.19. The fourth-order valence-corrected chi connectivity index (χ4v) is 3.62. The van der Waals surface area contributed by atoms with Crippen LogP contribution in [0.15, 0.2) is 42.7 Å². The third kappa shape index (κ3) is 3.60. The highest BCUT2D eigenvalue weighted by molar-refractivity contribution is 5.83. The molecule has 0 aliphatic carbocycles. The van der Waals surface area contributed by atoms with Gasteiger partial charge in [0, 0.05) is 42.4 Å². The maximum absolute atomic E-state index is 4.72. The number of fused-ring (bicyclic) bond motifs is 1. The summed E-state index contributed by atoms with van der Waals surface area (Å²) in [5.41, 5.74) is 2.51. The molecule has 2 aromatic heterocycles. The number of benzene rings is 1. The minimum Gasteiger partial charge on any atom is -0.361 e. The Morgan fingerprint density at radius 3 is 2.88 bits per heavy atom. The molecule has 0 amide bonds. The molecule has 1 atom stereocenters. The number of nitrogens with one attached hydrogen (secondary N) is 2. The van der Waals surface area contributed by atoms with E-state index in [1.165, 1.54) is 35.7 Å². The van der Waals surface area contributed by atoms with E-state index in [0.29, 0.717) is 0 Å². The molecule has 5 nitrogen and oxygen atoms in total. The van der Waals surface area contributed by atoms with Gasteiger partial charge in [0.2, 0.25) is 5.95 Å². The second-order valence-electron chi connectivity index (χ2n) is 6.90. The highest BCUT2D eigenvalue weighted by Crippen LogP contribution is 2.21. The fraction of sp³-hybridized carbons (Fsp3) is 0.400. The van der Waals surface area contributed by atoms with E-state index in [-0.39, 0.29) is 6.04 Å². The molecule has 3 heterocycles. The van der Waals surface area contributed by atoms with Gasteiger partial charge in [0.05, 0.1) is 0 Å². The summed E-state index contributed by atoms with van der Waals surface area (Å²) >= 11 is 0. The number of hydrogen-bond donors (Lipinski definition) is 2. The van der Waals surface area contributed by atoms with Gasteiger partial charge in [-0.25, -0.2) is 4.98 Å². The Hall–Kier alpha value is -2.56. The van der Waals surface area contributed by atoms with Crippen molar-refractivity contribution >= 4 is 22.7 Å². The van der Waals surface area contributed by atoms with Crippen LogP contribution in [0.5, 0.6) is 0 Å². The second kappa shape index (κ2) is 7.13. The SMILES string of the molecule is CC(Cc1c[nH]c2ccccc12)Nc1nccc(N2CCCCC2)n1. The van der Waals surface area contributed by atoms with Crippen LogP contribution in [-0.2, 0) is 6.42 Å². The molecule has 3 aromatic rings. The highest BCUT2D eigenvalue weighted by atomic mass is 15.2. The summed E-state index contributed by atoms with van der Waals surface area (Å²) < 4.78 is 0. The number of rotatable bonds is 5. The van der Waals surface area contributed by atoms with Crippen molar-refractivity contribution in [2.24, 2.45) is 0 Å². The van der Waals surface area contributed by atoms with E-state index in [1.807, 2.05) is 12.3 Å². The number of para-hydroxylation sites is 1. The van der Waals surface area contributed by atoms with E-state index < -0.39 is 0 Å². The van der Waals surface area contributed by atoms with Crippen LogP contribution in [0, 0.1) is 0 Å². The van der Waals surface area contributed by atoms with Gasteiger partial charge >= 0.3 is 0 Å². The van der Waals surface area contributed by atoms with Crippen molar-refractivity contribution in [3.05, 3.63) is 48.3 Å². The highest BCUT2D eigenvalue weighted by Gasteiger charge is 2.14. The molecule has 0 bridgehead atoms. The van der Waals surface area contributed by atoms with Crippen molar-refractivity contribution in [3.8, 4) is 0 Å². The van der Waals surface area contributed by atoms with Crippen molar-refractivity contribution in [2.45, 2.75) is 38.6 Å². The third-order valence-electron chi connectivity index (χ3n) is 4.90.